The highest BCUT2D eigenvalue weighted by Crippen LogP contribution is 2.24. The third-order valence-electron chi connectivity index (χ3n) is 4.29. The van der Waals surface area contributed by atoms with Gasteiger partial charge in [0.25, 0.3) is 5.91 Å². The Kier molecular flexibility index (Phi) is 5.71. The van der Waals surface area contributed by atoms with Crippen molar-refractivity contribution >= 4 is 22.6 Å². The Labute approximate surface area is 157 Å². The van der Waals surface area contributed by atoms with Gasteiger partial charge in [0.1, 0.15) is 5.75 Å². The fourth-order valence-electron chi connectivity index (χ4n) is 2.97. The highest BCUT2D eigenvalue weighted by molar-refractivity contribution is 5.90. The number of carbonyl (C=O) groups excluding carboxylic acids is 2. The summed E-state index contributed by atoms with van der Waals surface area (Å²) < 4.78 is 10.2. The number of rotatable bonds is 6. The highest BCUT2D eigenvalue weighted by Gasteiger charge is 2.13. The second-order valence-corrected chi connectivity index (χ2v) is 6.17. The molecule has 0 aliphatic carbocycles. The monoisotopic (exact) mass is 363 g/mol. The smallest absolute Gasteiger partial charge is 0.337 e. The summed E-state index contributed by atoms with van der Waals surface area (Å²) in [4.78, 5) is 23.8. The normalized spacial score (nSPS) is 11.6. The highest BCUT2D eigenvalue weighted by atomic mass is 16.5. The van der Waals surface area contributed by atoms with Crippen LogP contribution in [0.5, 0.6) is 5.75 Å². The largest absolute Gasteiger partial charge is 0.484 e. The molecule has 0 fully saturated rings. The summed E-state index contributed by atoms with van der Waals surface area (Å²) in [5.74, 6) is -0.251. The van der Waals surface area contributed by atoms with Gasteiger partial charge in [-0.05, 0) is 41.5 Å². The van der Waals surface area contributed by atoms with Crippen LogP contribution in [-0.2, 0) is 9.53 Å². The molecule has 0 spiro atoms. The molecule has 0 heterocycles. The summed E-state index contributed by atoms with van der Waals surface area (Å²) in [7, 11) is 1.32. The lowest BCUT2D eigenvalue weighted by atomic mass is 10.00. The van der Waals surface area contributed by atoms with Crippen LogP contribution in [0.2, 0.25) is 0 Å². The summed E-state index contributed by atoms with van der Waals surface area (Å²) in [5.41, 5.74) is 1.42. The molecular formula is C22H21NO4. The Morgan fingerprint density at radius 1 is 1.00 bits per heavy atom. The van der Waals surface area contributed by atoms with Gasteiger partial charge in [0, 0.05) is 0 Å². The van der Waals surface area contributed by atoms with Gasteiger partial charge in [0.15, 0.2) is 6.61 Å². The van der Waals surface area contributed by atoms with Crippen molar-refractivity contribution in [1.82, 2.24) is 5.32 Å². The predicted molar refractivity (Wildman–Crippen MR) is 104 cm³/mol. The first-order valence-corrected chi connectivity index (χ1v) is 8.66. The van der Waals surface area contributed by atoms with Gasteiger partial charge in [-0.25, -0.2) is 4.79 Å². The van der Waals surface area contributed by atoms with Crippen LogP contribution in [0.15, 0.2) is 66.7 Å². The van der Waals surface area contributed by atoms with E-state index in [2.05, 4.69) is 10.1 Å². The number of hydrogen-bond acceptors (Lipinski definition) is 4. The number of hydrogen-bond donors (Lipinski definition) is 1. The predicted octanol–water partition coefficient (Wildman–Crippen LogP) is 3.88. The summed E-state index contributed by atoms with van der Waals surface area (Å²) in [6.07, 6.45) is 0. The number of benzene rings is 3. The van der Waals surface area contributed by atoms with Crippen molar-refractivity contribution in [3.8, 4) is 5.75 Å². The van der Waals surface area contributed by atoms with Crippen LogP contribution in [0.1, 0.15) is 28.9 Å². The van der Waals surface area contributed by atoms with Gasteiger partial charge >= 0.3 is 5.97 Å². The molecule has 0 unspecified atom stereocenters. The molecule has 3 rings (SSSR count). The maximum Gasteiger partial charge on any atom is 0.337 e. The van der Waals surface area contributed by atoms with Gasteiger partial charge < -0.3 is 14.8 Å². The van der Waals surface area contributed by atoms with Crippen molar-refractivity contribution in [2.75, 3.05) is 13.7 Å². The molecule has 0 aliphatic rings. The van der Waals surface area contributed by atoms with Gasteiger partial charge in [-0.1, -0.05) is 48.5 Å². The first-order chi connectivity index (χ1) is 13.1. The van der Waals surface area contributed by atoms with Gasteiger partial charge in [0.05, 0.1) is 18.7 Å². The van der Waals surface area contributed by atoms with Crippen LogP contribution < -0.4 is 10.1 Å². The molecule has 0 radical (unpaired) electrons. The van der Waals surface area contributed by atoms with Crippen molar-refractivity contribution in [3.63, 3.8) is 0 Å². The summed E-state index contributed by atoms with van der Waals surface area (Å²) in [6, 6.07) is 20.5. The van der Waals surface area contributed by atoms with E-state index in [-0.39, 0.29) is 18.6 Å². The van der Waals surface area contributed by atoms with E-state index in [1.165, 1.54) is 7.11 Å². The first-order valence-electron chi connectivity index (χ1n) is 8.66. The lowest BCUT2D eigenvalue weighted by molar-refractivity contribution is -0.123. The van der Waals surface area contributed by atoms with E-state index in [9.17, 15) is 9.59 Å². The average molecular weight is 363 g/mol. The number of ether oxygens (including phenoxy) is 2. The lowest BCUT2D eigenvalue weighted by Gasteiger charge is -2.17. The summed E-state index contributed by atoms with van der Waals surface area (Å²) in [5, 5.41) is 5.19. The number of esters is 1. The molecule has 1 amide bonds. The van der Waals surface area contributed by atoms with E-state index in [4.69, 9.17) is 4.74 Å². The molecule has 0 saturated heterocycles. The van der Waals surface area contributed by atoms with Crippen molar-refractivity contribution in [1.29, 1.82) is 0 Å². The van der Waals surface area contributed by atoms with Crippen molar-refractivity contribution in [3.05, 3.63) is 77.9 Å². The molecule has 3 aromatic carbocycles. The van der Waals surface area contributed by atoms with Crippen molar-refractivity contribution in [2.45, 2.75) is 13.0 Å². The van der Waals surface area contributed by atoms with Crippen molar-refractivity contribution in [2.24, 2.45) is 0 Å². The third-order valence-corrected chi connectivity index (χ3v) is 4.29. The Hall–Kier alpha value is -3.34. The number of methoxy groups -OCH3 is 1. The van der Waals surface area contributed by atoms with Crippen LogP contribution in [-0.4, -0.2) is 25.6 Å². The van der Waals surface area contributed by atoms with E-state index >= 15 is 0 Å². The van der Waals surface area contributed by atoms with Crippen LogP contribution in [0.25, 0.3) is 10.8 Å². The number of amides is 1. The molecule has 1 N–H and O–H groups in total. The fraction of sp³-hybridized carbons (Fsp3) is 0.182. The quantitative estimate of drug-likeness (QED) is 0.675. The molecule has 0 aliphatic heterocycles. The molecule has 5 heteroatoms. The molecule has 0 aromatic heterocycles. The summed E-state index contributed by atoms with van der Waals surface area (Å²) in [6.45, 7) is 1.80. The van der Waals surface area contributed by atoms with Crippen LogP contribution in [0, 0.1) is 0 Å². The third kappa shape index (κ3) is 4.44. The maximum absolute atomic E-state index is 12.3. The molecule has 1 atom stereocenters. The minimum Gasteiger partial charge on any atom is -0.484 e. The van der Waals surface area contributed by atoms with E-state index in [1.54, 1.807) is 24.3 Å². The van der Waals surface area contributed by atoms with Gasteiger partial charge in [-0.3, -0.25) is 4.79 Å². The Morgan fingerprint density at radius 3 is 2.56 bits per heavy atom. The molecule has 27 heavy (non-hydrogen) atoms. The maximum atomic E-state index is 12.3. The van der Waals surface area contributed by atoms with Crippen LogP contribution in [0.3, 0.4) is 0 Å². The standard InChI is InChI=1S/C22H21NO4/c1-15(19-12-6-8-16-7-3-4-11-20(16)19)23-21(24)14-27-18-10-5-9-17(13-18)22(25)26-2/h3-13,15H,14H2,1-2H3,(H,23,24)/t15-/m0/s1. The number of nitrogens with one attached hydrogen (secondary N) is 1. The zero-order valence-electron chi connectivity index (χ0n) is 15.3. The second kappa shape index (κ2) is 8.36. The molecule has 0 bridgehead atoms. The van der Waals surface area contributed by atoms with E-state index < -0.39 is 5.97 Å². The van der Waals surface area contributed by atoms with Crippen LogP contribution in [0.4, 0.5) is 0 Å². The minimum atomic E-state index is -0.450. The van der Waals surface area contributed by atoms with Gasteiger partial charge in [0.2, 0.25) is 0 Å². The van der Waals surface area contributed by atoms with E-state index in [0.717, 1.165) is 16.3 Å². The minimum absolute atomic E-state index is 0.139. The lowest BCUT2D eigenvalue weighted by Crippen LogP contribution is -2.31. The molecular weight excluding hydrogens is 342 g/mol. The number of carbonyl (C=O) groups is 2. The summed E-state index contributed by atoms with van der Waals surface area (Å²) >= 11 is 0. The molecule has 138 valence electrons. The SMILES string of the molecule is COC(=O)c1cccc(OCC(=O)N[C@@H](C)c2cccc3ccccc23)c1. The van der Waals surface area contributed by atoms with Crippen molar-refractivity contribution < 1.29 is 19.1 Å². The van der Waals surface area contributed by atoms with E-state index in [0.29, 0.717) is 11.3 Å². The molecule has 3 aromatic rings. The van der Waals surface area contributed by atoms with Crippen LogP contribution >= 0.6 is 0 Å². The number of fused-ring (bicyclic) bond motifs is 1. The average Bonchev–Trinajstić information content (AvgIpc) is 2.71. The second-order valence-electron chi connectivity index (χ2n) is 6.17. The Morgan fingerprint density at radius 2 is 1.74 bits per heavy atom. The zero-order valence-corrected chi connectivity index (χ0v) is 15.3. The van der Waals surface area contributed by atoms with Gasteiger partial charge in [-0.15, -0.1) is 0 Å². The molecule has 0 saturated carbocycles. The first kappa shape index (κ1) is 18.5. The Bertz CT molecular complexity index is 962. The van der Waals surface area contributed by atoms with E-state index in [1.807, 2.05) is 49.4 Å². The molecule has 5 nitrogen and oxygen atoms in total. The Balaban J connectivity index is 1.63. The topological polar surface area (TPSA) is 64.6 Å². The zero-order chi connectivity index (χ0) is 19.2. The fourth-order valence-corrected chi connectivity index (χ4v) is 2.97. The van der Waals surface area contributed by atoms with Gasteiger partial charge in [-0.2, -0.15) is 0 Å².